The number of aryl methyl sites for hydroxylation is 2. The van der Waals surface area contributed by atoms with Gasteiger partial charge in [-0.1, -0.05) is 42.1 Å². The summed E-state index contributed by atoms with van der Waals surface area (Å²) in [5.74, 6) is 0.350. The van der Waals surface area contributed by atoms with Crippen LogP contribution in [0.3, 0.4) is 0 Å². The van der Waals surface area contributed by atoms with Crippen molar-refractivity contribution in [3.63, 3.8) is 0 Å². The van der Waals surface area contributed by atoms with Crippen LogP contribution in [0.1, 0.15) is 42.5 Å². The van der Waals surface area contributed by atoms with Gasteiger partial charge < -0.3 is 5.32 Å². The van der Waals surface area contributed by atoms with Crippen LogP contribution in [0.2, 0.25) is 0 Å². The molecule has 0 bridgehead atoms. The van der Waals surface area contributed by atoms with Crippen molar-refractivity contribution in [1.29, 1.82) is 0 Å². The average molecular weight is 378 g/mol. The smallest absolute Gasteiger partial charge is 0.230 e. The van der Waals surface area contributed by atoms with E-state index in [1.165, 1.54) is 47.7 Å². The standard InChI is InChI=1S/C22H23N3OS/c1-15(17-11-10-16-6-2-3-7-18(16)12-17)24-21(26)14-27-22-13-23-19-8-4-5-9-20(19)25-22/h4-5,8-13,15H,2-3,6-7,14H2,1H3,(H,24,26). The predicted molar refractivity (Wildman–Crippen MR) is 110 cm³/mol. The Morgan fingerprint density at radius 1 is 1.11 bits per heavy atom. The van der Waals surface area contributed by atoms with Gasteiger partial charge in [0.25, 0.3) is 0 Å². The van der Waals surface area contributed by atoms with Gasteiger partial charge in [-0.15, -0.1) is 0 Å². The maximum Gasteiger partial charge on any atom is 0.230 e. The number of hydrogen-bond acceptors (Lipinski definition) is 4. The van der Waals surface area contributed by atoms with Crippen LogP contribution in [0.25, 0.3) is 11.0 Å². The van der Waals surface area contributed by atoms with E-state index in [4.69, 9.17) is 0 Å². The molecular weight excluding hydrogens is 354 g/mol. The van der Waals surface area contributed by atoms with Gasteiger partial charge in [0.2, 0.25) is 5.91 Å². The molecule has 1 N–H and O–H groups in total. The molecule has 138 valence electrons. The average Bonchev–Trinajstić information content (AvgIpc) is 2.71. The number of rotatable bonds is 5. The molecule has 2 aromatic carbocycles. The van der Waals surface area contributed by atoms with E-state index in [0.29, 0.717) is 5.75 Å². The van der Waals surface area contributed by atoms with E-state index in [1.54, 1.807) is 6.20 Å². The molecule has 1 aromatic heterocycles. The topological polar surface area (TPSA) is 54.9 Å². The lowest BCUT2D eigenvalue weighted by Gasteiger charge is -2.20. The molecule has 1 heterocycles. The summed E-state index contributed by atoms with van der Waals surface area (Å²) in [4.78, 5) is 21.3. The zero-order chi connectivity index (χ0) is 18.6. The fraction of sp³-hybridized carbons (Fsp3) is 0.318. The molecule has 4 nitrogen and oxygen atoms in total. The van der Waals surface area contributed by atoms with Crippen molar-refractivity contribution in [2.24, 2.45) is 0 Å². The number of nitrogens with zero attached hydrogens (tertiary/aromatic N) is 2. The Hall–Kier alpha value is -2.40. The van der Waals surface area contributed by atoms with Gasteiger partial charge in [0.15, 0.2) is 0 Å². The monoisotopic (exact) mass is 377 g/mol. The summed E-state index contributed by atoms with van der Waals surface area (Å²) in [6.07, 6.45) is 6.61. The van der Waals surface area contributed by atoms with Gasteiger partial charge in [0.05, 0.1) is 29.0 Å². The summed E-state index contributed by atoms with van der Waals surface area (Å²) in [5.41, 5.74) is 5.81. The summed E-state index contributed by atoms with van der Waals surface area (Å²) >= 11 is 1.42. The van der Waals surface area contributed by atoms with E-state index in [-0.39, 0.29) is 11.9 Å². The molecular formula is C22H23N3OS. The first-order valence-electron chi connectivity index (χ1n) is 9.45. The first-order valence-corrected chi connectivity index (χ1v) is 10.4. The lowest BCUT2D eigenvalue weighted by atomic mass is 9.89. The van der Waals surface area contributed by atoms with Crippen LogP contribution in [-0.4, -0.2) is 21.6 Å². The third kappa shape index (κ3) is 4.30. The Morgan fingerprint density at radius 3 is 2.74 bits per heavy atom. The van der Waals surface area contributed by atoms with Crippen LogP contribution < -0.4 is 5.32 Å². The van der Waals surface area contributed by atoms with Gasteiger partial charge >= 0.3 is 0 Å². The zero-order valence-corrected chi connectivity index (χ0v) is 16.3. The molecule has 1 unspecified atom stereocenters. The molecule has 0 radical (unpaired) electrons. The number of carbonyl (C=O) groups is 1. The molecule has 0 aliphatic heterocycles. The Balaban J connectivity index is 1.35. The summed E-state index contributed by atoms with van der Waals surface area (Å²) < 4.78 is 0. The van der Waals surface area contributed by atoms with Crippen molar-refractivity contribution in [3.05, 3.63) is 65.4 Å². The quantitative estimate of drug-likeness (QED) is 0.666. The molecule has 1 atom stereocenters. The second kappa shape index (κ2) is 8.09. The Kier molecular flexibility index (Phi) is 5.39. The number of thioether (sulfide) groups is 1. The fourth-order valence-electron chi connectivity index (χ4n) is 3.54. The maximum atomic E-state index is 12.4. The van der Waals surface area contributed by atoms with Gasteiger partial charge in [-0.3, -0.25) is 9.78 Å². The Bertz CT molecular complexity index is 973. The van der Waals surface area contributed by atoms with Crippen molar-refractivity contribution in [3.8, 4) is 0 Å². The lowest BCUT2D eigenvalue weighted by molar-refractivity contribution is -0.119. The molecule has 1 aliphatic carbocycles. The Morgan fingerprint density at radius 2 is 1.89 bits per heavy atom. The van der Waals surface area contributed by atoms with Crippen LogP contribution in [0.5, 0.6) is 0 Å². The minimum Gasteiger partial charge on any atom is -0.349 e. The number of fused-ring (bicyclic) bond motifs is 2. The molecule has 5 heteroatoms. The second-order valence-corrected chi connectivity index (χ2v) is 8.01. The highest BCUT2D eigenvalue weighted by molar-refractivity contribution is 7.99. The van der Waals surface area contributed by atoms with Crippen LogP contribution in [0.15, 0.2) is 53.7 Å². The normalized spacial score (nSPS) is 14.6. The van der Waals surface area contributed by atoms with Crippen molar-refractivity contribution in [1.82, 2.24) is 15.3 Å². The van der Waals surface area contributed by atoms with Gasteiger partial charge in [-0.05, 0) is 61.4 Å². The first kappa shape index (κ1) is 18.0. The molecule has 0 saturated heterocycles. The van der Waals surface area contributed by atoms with E-state index in [0.717, 1.165) is 22.5 Å². The van der Waals surface area contributed by atoms with Gasteiger partial charge in [0, 0.05) is 0 Å². The van der Waals surface area contributed by atoms with E-state index in [9.17, 15) is 4.79 Å². The van der Waals surface area contributed by atoms with Crippen LogP contribution in [-0.2, 0) is 17.6 Å². The first-order chi connectivity index (χ1) is 13.2. The highest BCUT2D eigenvalue weighted by Crippen LogP contribution is 2.25. The lowest BCUT2D eigenvalue weighted by Crippen LogP contribution is -2.28. The predicted octanol–water partition coefficient (Wildman–Crippen LogP) is 4.48. The summed E-state index contributed by atoms with van der Waals surface area (Å²) in [7, 11) is 0. The van der Waals surface area contributed by atoms with E-state index < -0.39 is 0 Å². The number of amides is 1. The van der Waals surface area contributed by atoms with Crippen LogP contribution in [0, 0.1) is 0 Å². The largest absolute Gasteiger partial charge is 0.349 e. The molecule has 0 fully saturated rings. The minimum absolute atomic E-state index is 0.00742. The van der Waals surface area contributed by atoms with Crippen molar-refractivity contribution in [2.45, 2.75) is 43.7 Å². The van der Waals surface area contributed by atoms with Crippen LogP contribution >= 0.6 is 11.8 Å². The van der Waals surface area contributed by atoms with Crippen molar-refractivity contribution < 1.29 is 4.79 Å². The highest BCUT2D eigenvalue weighted by atomic mass is 32.2. The number of aromatic nitrogens is 2. The molecule has 0 spiro atoms. The zero-order valence-electron chi connectivity index (χ0n) is 15.4. The van der Waals surface area contributed by atoms with Gasteiger partial charge in [0.1, 0.15) is 5.03 Å². The SMILES string of the molecule is CC(NC(=O)CSc1cnc2ccccc2n1)c1ccc2c(c1)CCCC2. The van der Waals surface area contributed by atoms with Gasteiger partial charge in [-0.25, -0.2) is 4.98 Å². The molecule has 0 saturated carbocycles. The second-order valence-electron chi connectivity index (χ2n) is 7.01. The van der Waals surface area contributed by atoms with E-state index in [2.05, 4.69) is 33.5 Å². The third-order valence-corrected chi connectivity index (χ3v) is 5.93. The van der Waals surface area contributed by atoms with E-state index in [1.807, 2.05) is 31.2 Å². The number of hydrogen-bond donors (Lipinski definition) is 1. The summed E-state index contributed by atoms with van der Waals surface area (Å²) in [6, 6.07) is 14.4. The third-order valence-electron chi connectivity index (χ3n) is 5.03. The number of carbonyl (C=O) groups excluding carboxylic acids is 1. The molecule has 27 heavy (non-hydrogen) atoms. The Labute approximate surface area is 163 Å². The van der Waals surface area contributed by atoms with Crippen molar-refractivity contribution >= 4 is 28.7 Å². The number of nitrogens with one attached hydrogen (secondary N) is 1. The number of para-hydroxylation sites is 2. The maximum absolute atomic E-state index is 12.4. The van der Waals surface area contributed by atoms with Crippen LogP contribution in [0.4, 0.5) is 0 Å². The van der Waals surface area contributed by atoms with Gasteiger partial charge in [-0.2, -0.15) is 0 Å². The fourth-order valence-corrected chi connectivity index (χ4v) is 4.19. The highest BCUT2D eigenvalue weighted by Gasteiger charge is 2.14. The number of benzene rings is 2. The van der Waals surface area contributed by atoms with Crippen molar-refractivity contribution in [2.75, 3.05) is 5.75 Å². The summed E-state index contributed by atoms with van der Waals surface area (Å²) in [6.45, 7) is 2.04. The molecule has 1 aliphatic rings. The summed E-state index contributed by atoms with van der Waals surface area (Å²) in [5, 5.41) is 3.87. The molecule has 3 aromatic rings. The molecule has 1 amide bonds. The molecule has 4 rings (SSSR count). The minimum atomic E-state index is 0.00742. The van der Waals surface area contributed by atoms with E-state index >= 15 is 0 Å².